The van der Waals surface area contributed by atoms with Crippen molar-refractivity contribution in [1.29, 1.82) is 0 Å². The maximum absolute atomic E-state index is 11.2. The highest BCUT2D eigenvalue weighted by Gasteiger charge is 2.05. The van der Waals surface area contributed by atoms with Crippen molar-refractivity contribution >= 4 is 11.6 Å². The second-order valence-corrected chi connectivity index (χ2v) is 10.7. The summed E-state index contributed by atoms with van der Waals surface area (Å²) in [5.74, 6) is 3.29. The van der Waals surface area contributed by atoms with Gasteiger partial charge in [0.2, 0.25) is 0 Å². The predicted octanol–water partition coefficient (Wildman–Crippen LogP) is 10.3. The van der Waals surface area contributed by atoms with E-state index in [-0.39, 0.29) is 0 Å². The number of unbranched alkanes of at least 4 members (excludes halogenated alkanes) is 4. The highest BCUT2D eigenvalue weighted by atomic mass is 16.5. The number of carbonyl (C=O) groups excluding carboxylic acids is 2. The van der Waals surface area contributed by atoms with Crippen molar-refractivity contribution in [3.63, 3.8) is 0 Å². The van der Waals surface area contributed by atoms with Crippen molar-refractivity contribution < 1.29 is 19.1 Å². The molecular formula is C37H60O4. The zero-order valence-corrected chi connectivity index (χ0v) is 27.7. The Morgan fingerprint density at radius 3 is 1.88 bits per heavy atom. The van der Waals surface area contributed by atoms with Gasteiger partial charge >= 0.3 is 0 Å². The fourth-order valence-electron chi connectivity index (χ4n) is 4.29. The van der Waals surface area contributed by atoms with Crippen molar-refractivity contribution in [3.8, 4) is 11.5 Å². The summed E-state index contributed by atoms with van der Waals surface area (Å²) in [6, 6.07) is 14.6. The van der Waals surface area contributed by atoms with Gasteiger partial charge in [0.15, 0.2) is 0 Å². The maximum Gasteiger partial charge on any atom is 0.132 e. The summed E-state index contributed by atoms with van der Waals surface area (Å²) < 4.78 is 11.3. The second-order valence-electron chi connectivity index (χ2n) is 10.7. The molecule has 0 N–H and O–H groups in total. The first-order valence-electron chi connectivity index (χ1n) is 16.3. The van der Waals surface area contributed by atoms with Gasteiger partial charge in [-0.2, -0.15) is 0 Å². The van der Waals surface area contributed by atoms with E-state index in [1.807, 2.05) is 46.8 Å². The number of rotatable bonds is 19. The van der Waals surface area contributed by atoms with Gasteiger partial charge < -0.3 is 9.47 Å². The van der Waals surface area contributed by atoms with Crippen LogP contribution < -0.4 is 9.47 Å². The van der Waals surface area contributed by atoms with E-state index >= 15 is 0 Å². The quantitative estimate of drug-likeness (QED) is 0.158. The Labute approximate surface area is 252 Å². The molecule has 0 unspecified atom stereocenters. The largest absolute Gasteiger partial charge is 0.494 e. The Hall–Kier alpha value is -2.62. The number of ketones is 2. The summed E-state index contributed by atoms with van der Waals surface area (Å²) in [6.07, 6.45) is 11.6. The fraction of sp³-hybridized carbons (Fsp3) is 0.622. The van der Waals surface area contributed by atoms with E-state index in [1.165, 1.54) is 16.7 Å². The van der Waals surface area contributed by atoms with Crippen molar-refractivity contribution in [2.24, 2.45) is 5.92 Å². The molecule has 4 heteroatoms. The molecule has 0 spiro atoms. The molecule has 2 rings (SSSR count). The number of carbonyl (C=O) groups is 2. The zero-order valence-electron chi connectivity index (χ0n) is 27.7. The second kappa shape index (κ2) is 25.1. The molecule has 4 nitrogen and oxygen atoms in total. The first-order chi connectivity index (χ1) is 19.8. The SMILES string of the molecule is CC.CCC(=O)CCCCCc1cccc(OCC(C)C)c1.CCOc1cccc(CCCCCC(=O)CC)c1C. The summed E-state index contributed by atoms with van der Waals surface area (Å²) in [6.45, 7) is 17.8. The summed E-state index contributed by atoms with van der Waals surface area (Å²) in [5.41, 5.74) is 3.95. The van der Waals surface area contributed by atoms with Crippen LogP contribution in [0.4, 0.5) is 0 Å². The Kier molecular flexibility index (Phi) is 23.5. The molecule has 2 aromatic carbocycles. The van der Waals surface area contributed by atoms with Crippen molar-refractivity contribution in [2.75, 3.05) is 13.2 Å². The van der Waals surface area contributed by atoms with Crippen LogP contribution in [0.2, 0.25) is 0 Å². The lowest BCUT2D eigenvalue weighted by Crippen LogP contribution is -2.04. The lowest BCUT2D eigenvalue weighted by atomic mass is 10.0. The third kappa shape index (κ3) is 19.2. The summed E-state index contributed by atoms with van der Waals surface area (Å²) in [7, 11) is 0. The molecule has 0 aliphatic heterocycles. The summed E-state index contributed by atoms with van der Waals surface area (Å²) >= 11 is 0. The minimum atomic E-state index is 0.383. The van der Waals surface area contributed by atoms with Crippen molar-refractivity contribution in [3.05, 3.63) is 59.2 Å². The Bertz CT molecular complexity index is 948. The highest BCUT2D eigenvalue weighted by Crippen LogP contribution is 2.23. The monoisotopic (exact) mass is 568 g/mol. The van der Waals surface area contributed by atoms with E-state index in [1.54, 1.807) is 0 Å². The molecule has 0 atom stereocenters. The Morgan fingerprint density at radius 1 is 0.732 bits per heavy atom. The van der Waals surface area contributed by atoms with Gasteiger partial charge in [-0.1, -0.05) is 78.6 Å². The van der Waals surface area contributed by atoms with Crippen LogP contribution in [0.25, 0.3) is 0 Å². The van der Waals surface area contributed by atoms with Crippen LogP contribution in [0.15, 0.2) is 42.5 Å². The Morgan fingerprint density at radius 2 is 1.32 bits per heavy atom. The molecule has 0 aliphatic carbocycles. The standard InChI is InChI=1S/C18H28O2.C17H26O2.C2H6/c1-4-17(19)11-7-5-6-9-16-10-8-12-18(13-16)20-14-15(2)3;1-4-16(18)12-8-6-7-10-15-11-9-13-17(14(15)3)19-5-2;1-2/h8,10,12-13,15H,4-7,9,11,14H2,1-3H3;9,11,13H,4-8,10,12H2,1-3H3;1-2H3. The van der Waals surface area contributed by atoms with E-state index in [0.717, 1.165) is 82.3 Å². The average molecular weight is 569 g/mol. The van der Waals surface area contributed by atoms with Gasteiger partial charge in [-0.3, -0.25) is 9.59 Å². The smallest absolute Gasteiger partial charge is 0.132 e. The lowest BCUT2D eigenvalue weighted by molar-refractivity contribution is -0.119. The average Bonchev–Trinajstić information content (AvgIpc) is 2.99. The third-order valence-corrected chi connectivity index (χ3v) is 6.79. The molecule has 0 heterocycles. The van der Waals surface area contributed by atoms with Gasteiger partial charge in [0.05, 0.1) is 13.2 Å². The number of ether oxygens (including phenoxy) is 2. The van der Waals surface area contributed by atoms with Gasteiger partial charge in [0, 0.05) is 25.7 Å². The van der Waals surface area contributed by atoms with Crippen LogP contribution in [0.5, 0.6) is 11.5 Å². The van der Waals surface area contributed by atoms with Crippen LogP contribution in [0.3, 0.4) is 0 Å². The van der Waals surface area contributed by atoms with Crippen LogP contribution >= 0.6 is 0 Å². The normalized spacial score (nSPS) is 10.3. The zero-order chi connectivity index (χ0) is 30.9. The van der Waals surface area contributed by atoms with Gasteiger partial charge in [0.1, 0.15) is 23.1 Å². The van der Waals surface area contributed by atoms with Crippen molar-refractivity contribution in [1.82, 2.24) is 0 Å². The van der Waals surface area contributed by atoms with Crippen LogP contribution in [0, 0.1) is 12.8 Å². The first-order valence-corrected chi connectivity index (χ1v) is 16.3. The highest BCUT2D eigenvalue weighted by molar-refractivity contribution is 5.78. The van der Waals surface area contributed by atoms with Crippen molar-refractivity contribution in [2.45, 2.75) is 132 Å². The summed E-state index contributed by atoms with van der Waals surface area (Å²) in [4.78, 5) is 22.4. The number of hydrogen-bond donors (Lipinski definition) is 0. The van der Waals surface area contributed by atoms with Crippen LogP contribution in [-0.2, 0) is 22.4 Å². The predicted molar refractivity (Wildman–Crippen MR) is 175 cm³/mol. The molecule has 0 amide bonds. The lowest BCUT2D eigenvalue weighted by Gasteiger charge is -2.11. The van der Waals surface area contributed by atoms with Crippen LogP contribution in [-0.4, -0.2) is 24.8 Å². The van der Waals surface area contributed by atoms with E-state index in [9.17, 15) is 9.59 Å². The molecule has 0 aliphatic rings. The van der Waals surface area contributed by atoms with Gasteiger partial charge in [-0.05, 0) is 93.2 Å². The molecule has 0 saturated heterocycles. The number of aryl methyl sites for hydroxylation is 2. The molecule has 2 aromatic rings. The molecule has 41 heavy (non-hydrogen) atoms. The molecular weight excluding hydrogens is 508 g/mol. The maximum atomic E-state index is 11.2. The topological polar surface area (TPSA) is 52.6 Å². The van der Waals surface area contributed by atoms with E-state index in [0.29, 0.717) is 36.9 Å². The van der Waals surface area contributed by atoms with Gasteiger partial charge in [-0.15, -0.1) is 0 Å². The fourth-order valence-corrected chi connectivity index (χ4v) is 4.29. The molecule has 0 bridgehead atoms. The molecule has 0 fully saturated rings. The Balaban J connectivity index is 0.000000737. The summed E-state index contributed by atoms with van der Waals surface area (Å²) in [5, 5.41) is 0. The number of Topliss-reactive ketones (excluding diaryl/α,β-unsaturated/α-hetero) is 2. The molecule has 232 valence electrons. The minimum absolute atomic E-state index is 0.383. The van der Waals surface area contributed by atoms with Gasteiger partial charge in [-0.25, -0.2) is 0 Å². The third-order valence-electron chi connectivity index (χ3n) is 6.79. The number of hydrogen-bond acceptors (Lipinski definition) is 4. The van der Waals surface area contributed by atoms with E-state index < -0.39 is 0 Å². The minimum Gasteiger partial charge on any atom is -0.494 e. The van der Waals surface area contributed by atoms with Gasteiger partial charge in [0.25, 0.3) is 0 Å². The van der Waals surface area contributed by atoms with E-state index in [4.69, 9.17) is 9.47 Å². The molecule has 0 radical (unpaired) electrons. The first kappa shape index (κ1) is 38.4. The molecule has 0 aromatic heterocycles. The van der Waals surface area contributed by atoms with E-state index in [2.05, 4.69) is 51.1 Å². The van der Waals surface area contributed by atoms with Crippen LogP contribution in [0.1, 0.15) is 129 Å². The number of benzene rings is 2. The molecule has 0 saturated carbocycles.